The van der Waals surface area contributed by atoms with Crippen LogP contribution in [0.15, 0.2) is 95.9 Å². The van der Waals surface area contributed by atoms with Crippen LogP contribution < -0.4 is 5.32 Å². The quantitative estimate of drug-likeness (QED) is 0.264. The van der Waals surface area contributed by atoms with Gasteiger partial charge in [0.05, 0.1) is 9.92 Å². The van der Waals surface area contributed by atoms with E-state index in [9.17, 15) is 17.6 Å². The smallest absolute Gasteiger partial charge is 0.256 e. The molecule has 0 saturated heterocycles. The maximum absolute atomic E-state index is 13.5. The monoisotopic (exact) mass is 518 g/mol. The number of rotatable bonds is 5. The van der Waals surface area contributed by atoms with Crippen LogP contribution in [0.5, 0.6) is 0 Å². The van der Waals surface area contributed by atoms with Crippen molar-refractivity contribution < 1.29 is 17.6 Å². The topological polar surface area (TPSA) is 79.0 Å². The second kappa shape index (κ2) is 9.26. The predicted molar refractivity (Wildman–Crippen MR) is 142 cm³/mol. The molecule has 0 bridgehead atoms. The number of nitrogens with one attached hydrogen (secondary N) is 2. The van der Waals surface area contributed by atoms with Crippen LogP contribution in [0.3, 0.4) is 0 Å². The van der Waals surface area contributed by atoms with Crippen molar-refractivity contribution in [3.63, 3.8) is 0 Å². The average Bonchev–Trinajstić information content (AvgIpc) is 3.29. The van der Waals surface area contributed by atoms with Crippen molar-refractivity contribution in [1.82, 2.24) is 4.98 Å². The first-order valence-corrected chi connectivity index (χ1v) is 13.2. The number of fused-ring (bicyclic) bond motifs is 1. The minimum absolute atomic E-state index is 0.0611. The molecule has 2 N–H and O–H groups in total. The highest BCUT2D eigenvalue weighted by Crippen LogP contribution is 2.33. The third-order valence-electron chi connectivity index (χ3n) is 5.86. The highest BCUT2D eigenvalue weighted by molar-refractivity contribution is 7.90. The lowest BCUT2D eigenvalue weighted by Crippen LogP contribution is -2.14. The maximum atomic E-state index is 13.5. The molecule has 1 aromatic heterocycles. The first kappa shape index (κ1) is 23.8. The third-order valence-corrected chi connectivity index (χ3v) is 7.30. The Morgan fingerprint density at radius 3 is 2.36 bits per heavy atom. The maximum Gasteiger partial charge on any atom is 0.256 e. The van der Waals surface area contributed by atoms with Gasteiger partial charge in [-0.05, 0) is 71.8 Å². The average molecular weight is 519 g/mol. The fourth-order valence-electron chi connectivity index (χ4n) is 4.05. The van der Waals surface area contributed by atoms with Gasteiger partial charge in [0.2, 0.25) is 0 Å². The van der Waals surface area contributed by atoms with Crippen molar-refractivity contribution in [3.8, 4) is 22.4 Å². The number of amides is 1. The van der Waals surface area contributed by atoms with Crippen molar-refractivity contribution in [2.45, 2.75) is 4.90 Å². The van der Waals surface area contributed by atoms with E-state index in [1.807, 2.05) is 30.3 Å². The zero-order valence-corrected chi connectivity index (χ0v) is 20.6. The minimum Gasteiger partial charge on any atom is -0.354 e. The molecule has 36 heavy (non-hydrogen) atoms. The van der Waals surface area contributed by atoms with Gasteiger partial charge in [-0.15, -0.1) is 0 Å². The number of hydrogen-bond donors (Lipinski definition) is 2. The third kappa shape index (κ3) is 4.76. The molecule has 0 fully saturated rings. The number of para-hydroxylation sites is 1. The zero-order chi connectivity index (χ0) is 25.4. The van der Waals surface area contributed by atoms with Crippen molar-refractivity contribution in [3.05, 3.63) is 107 Å². The molecule has 5 nitrogen and oxygen atoms in total. The fraction of sp³-hybridized carbons (Fsp3) is 0.0357. The standard InChI is InChI=1S/C28H20ClFN2O3S/c1-36(34,35)21-11-12-22(23(16-21)17-6-8-19(30)9-7-17)28(33)31-20-10-13-25(29)24(15-20)27-14-18-4-2-3-5-26(18)32-27/h2-16,32H,1H3,(H,31,33). The van der Waals surface area contributed by atoms with Crippen LogP contribution in [0, 0.1) is 5.82 Å². The molecule has 8 heteroatoms. The molecule has 0 aliphatic heterocycles. The van der Waals surface area contributed by atoms with Gasteiger partial charge in [0.25, 0.3) is 5.91 Å². The molecule has 5 rings (SSSR count). The summed E-state index contributed by atoms with van der Waals surface area (Å²) in [5, 5.41) is 4.43. The molecule has 4 aromatic carbocycles. The summed E-state index contributed by atoms with van der Waals surface area (Å²) in [5.74, 6) is -0.881. The van der Waals surface area contributed by atoms with Crippen molar-refractivity contribution in [2.24, 2.45) is 0 Å². The van der Waals surface area contributed by atoms with E-state index < -0.39 is 21.6 Å². The summed E-state index contributed by atoms with van der Waals surface area (Å²) >= 11 is 6.47. The van der Waals surface area contributed by atoms with Crippen LogP contribution >= 0.6 is 11.6 Å². The molecule has 1 amide bonds. The van der Waals surface area contributed by atoms with Gasteiger partial charge in [-0.2, -0.15) is 0 Å². The molecule has 0 unspecified atom stereocenters. The van der Waals surface area contributed by atoms with Crippen LogP contribution in [0.2, 0.25) is 5.02 Å². The van der Waals surface area contributed by atoms with Gasteiger partial charge < -0.3 is 10.3 Å². The van der Waals surface area contributed by atoms with Crippen molar-refractivity contribution >= 4 is 43.9 Å². The SMILES string of the molecule is CS(=O)(=O)c1ccc(C(=O)Nc2ccc(Cl)c(-c3cc4ccccc4[nH]3)c2)c(-c2ccc(F)cc2)c1. The van der Waals surface area contributed by atoms with Gasteiger partial charge in [0.15, 0.2) is 9.84 Å². The first-order chi connectivity index (χ1) is 17.2. The Labute approximate surface area is 212 Å². The summed E-state index contributed by atoms with van der Waals surface area (Å²) in [7, 11) is -3.52. The van der Waals surface area contributed by atoms with Crippen molar-refractivity contribution in [2.75, 3.05) is 11.6 Å². The number of benzene rings is 4. The number of sulfone groups is 1. The fourth-order valence-corrected chi connectivity index (χ4v) is 4.91. The van der Waals surface area contributed by atoms with Gasteiger partial charge in [-0.3, -0.25) is 4.79 Å². The second-order valence-corrected chi connectivity index (χ2v) is 10.8. The van der Waals surface area contributed by atoms with Crippen molar-refractivity contribution in [1.29, 1.82) is 0 Å². The van der Waals surface area contributed by atoms with E-state index in [-0.39, 0.29) is 10.5 Å². The Bertz CT molecular complexity index is 1700. The molecule has 1 heterocycles. The van der Waals surface area contributed by atoms with Crippen LogP contribution in [0.4, 0.5) is 10.1 Å². The number of aromatic nitrogens is 1. The summed E-state index contributed by atoms with van der Waals surface area (Å²) in [5.41, 5.74) is 4.14. The largest absolute Gasteiger partial charge is 0.354 e. The number of H-pyrrole nitrogens is 1. The lowest BCUT2D eigenvalue weighted by atomic mass is 9.99. The molecule has 0 radical (unpaired) electrons. The minimum atomic E-state index is -3.52. The number of anilines is 1. The van der Waals surface area contributed by atoms with Crippen LogP contribution in [-0.4, -0.2) is 25.6 Å². The van der Waals surface area contributed by atoms with E-state index in [4.69, 9.17) is 11.6 Å². The van der Waals surface area contributed by atoms with Gasteiger partial charge in [-0.1, -0.05) is 41.9 Å². The summed E-state index contributed by atoms with van der Waals surface area (Å²) < 4.78 is 37.8. The number of aromatic amines is 1. The number of carbonyl (C=O) groups is 1. The van der Waals surface area contributed by atoms with Gasteiger partial charge in [0, 0.05) is 39.7 Å². The zero-order valence-electron chi connectivity index (χ0n) is 19.0. The Hall–Kier alpha value is -3.94. The summed E-state index contributed by atoms with van der Waals surface area (Å²) in [6.07, 6.45) is 1.09. The number of halogens is 2. The first-order valence-electron chi connectivity index (χ1n) is 11.0. The number of hydrogen-bond acceptors (Lipinski definition) is 3. The summed E-state index contributed by atoms with van der Waals surface area (Å²) in [6.45, 7) is 0. The normalized spacial score (nSPS) is 11.5. The van der Waals surface area contributed by atoms with E-state index in [1.54, 1.807) is 18.2 Å². The Kier molecular flexibility index (Phi) is 6.12. The molecule has 5 aromatic rings. The van der Waals surface area contributed by atoms with Gasteiger partial charge >= 0.3 is 0 Å². The van der Waals surface area contributed by atoms with E-state index in [0.29, 0.717) is 21.8 Å². The molecule has 180 valence electrons. The number of carbonyl (C=O) groups excluding carboxylic acids is 1. The summed E-state index contributed by atoms with van der Waals surface area (Å²) in [4.78, 5) is 16.7. The molecule has 0 saturated carbocycles. The van der Waals surface area contributed by atoms with E-state index in [2.05, 4.69) is 10.3 Å². The highest BCUT2D eigenvalue weighted by atomic mass is 35.5. The highest BCUT2D eigenvalue weighted by Gasteiger charge is 2.18. The van der Waals surface area contributed by atoms with Gasteiger partial charge in [-0.25, -0.2) is 12.8 Å². The van der Waals surface area contributed by atoms with E-state index in [1.165, 1.54) is 42.5 Å². The lowest BCUT2D eigenvalue weighted by molar-refractivity contribution is 0.102. The van der Waals surface area contributed by atoms with E-state index in [0.717, 1.165) is 28.4 Å². The van der Waals surface area contributed by atoms with Gasteiger partial charge in [0.1, 0.15) is 5.82 Å². The molecular weight excluding hydrogens is 499 g/mol. The molecular formula is C28H20ClFN2O3S. The Morgan fingerprint density at radius 2 is 1.64 bits per heavy atom. The Morgan fingerprint density at radius 1 is 0.889 bits per heavy atom. The van der Waals surface area contributed by atoms with Crippen LogP contribution in [0.25, 0.3) is 33.3 Å². The van der Waals surface area contributed by atoms with E-state index >= 15 is 0 Å². The second-order valence-electron chi connectivity index (χ2n) is 8.41. The molecule has 0 spiro atoms. The molecule has 0 atom stereocenters. The molecule has 0 aliphatic carbocycles. The van der Waals surface area contributed by atoms with Crippen LogP contribution in [0.1, 0.15) is 10.4 Å². The van der Waals surface area contributed by atoms with Crippen LogP contribution in [-0.2, 0) is 9.84 Å². The summed E-state index contributed by atoms with van der Waals surface area (Å²) in [6, 6.07) is 24.8. The molecule has 0 aliphatic rings. The lowest BCUT2D eigenvalue weighted by Gasteiger charge is -2.13. The Balaban J connectivity index is 1.52. The predicted octanol–water partition coefficient (Wildman–Crippen LogP) is 6.95.